The fourth-order valence-electron chi connectivity index (χ4n) is 1.73. The van der Waals surface area contributed by atoms with Gasteiger partial charge in [-0.2, -0.15) is 0 Å². The molecule has 0 saturated carbocycles. The molecular formula is C15H21NO6. The third-order valence-corrected chi connectivity index (χ3v) is 2.74. The predicted molar refractivity (Wildman–Crippen MR) is 79.2 cm³/mol. The number of carboxylic acids is 1. The minimum absolute atomic E-state index is 0.193. The van der Waals surface area contributed by atoms with Crippen LogP contribution >= 0.6 is 0 Å². The lowest BCUT2D eigenvalue weighted by Crippen LogP contribution is -2.40. The zero-order chi connectivity index (χ0) is 16.4. The highest BCUT2D eigenvalue weighted by atomic mass is 16.5. The molecule has 22 heavy (non-hydrogen) atoms. The topological polar surface area (TPSA) is 85.3 Å². The molecule has 0 bridgehead atoms. The number of amides is 1. The summed E-state index contributed by atoms with van der Waals surface area (Å²) >= 11 is 0. The number of rotatable bonds is 10. The number of carboxylic acid groups (broad SMARTS) is 1. The van der Waals surface area contributed by atoms with Crippen molar-refractivity contribution in [1.29, 1.82) is 0 Å². The molecule has 0 unspecified atom stereocenters. The molecule has 7 heteroatoms. The van der Waals surface area contributed by atoms with Gasteiger partial charge in [0.1, 0.15) is 6.54 Å². The second kappa shape index (κ2) is 9.62. The van der Waals surface area contributed by atoms with Crippen LogP contribution in [0.5, 0.6) is 11.5 Å². The first-order valence-electron chi connectivity index (χ1n) is 6.91. The second-order valence-electron chi connectivity index (χ2n) is 4.37. The Kier molecular flexibility index (Phi) is 7.77. The first kappa shape index (κ1) is 17.8. The third-order valence-electron chi connectivity index (χ3n) is 2.74. The molecule has 0 aromatic heterocycles. The summed E-state index contributed by atoms with van der Waals surface area (Å²) in [6, 6.07) is 7.00. The van der Waals surface area contributed by atoms with Crippen LogP contribution in [0.4, 0.5) is 0 Å². The van der Waals surface area contributed by atoms with E-state index in [2.05, 4.69) is 0 Å². The Labute approximate surface area is 129 Å². The van der Waals surface area contributed by atoms with E-state index in [0.29, 0.717) is 18.1 Å². The molecule has 1 aromatic carbocycles. The van der Waals surface area contributed by atoms with Gasteiger partial charge in [-0.3, -0.25) is 9.59 Å². The van der Waals surface area contributed by atoms with Gasteiger partial charge < -0.3 is 24.2 Å². The third kappa shape index (κ3) is 6.01. The number of aliphatic carboxylic acids is 1. The Hall–Kier alpha value is -2.28. The number of benzene rings is 1. The summed E-state index contributed by atoms with van der Waals surface area (Å²) in [7, 11) is 1.48. The van der Waals surface area contributed by atoms with Crippen LogP contribution in [0.25, 0.3) is 0 Å². The number of carbonyl (C=O) groups is 2. The summed E-state index contributed by atoms with van der Waals surface area (Å²) < 4.78 is 15.7. The largest absolute Gasteiger partial charge is 0.490 e. The highest BCUT2D eigenvalue weighted by Gasteiger charge is 2.17. The van der Waals surface area contributed by atoms with Crippen LogP contribution in [-0.4, -0.2) is 61.9 Å². The maximum atomic E-state index is 12.1. The number of nitrogens with zero attached hydrogens (tertiary/aromatic N) is 1. The maximum absolute atomic E-state index is 12.1. The van der Waals surface area contributed by atoms with Crippen molar-refractivity contribution in [2.45, 2.75) is 6.92 Å². The minimum atomic E-state index is -1.08. The molecule has 1 amide bonds. The molecule has 0 heterocycles. The Morgan fingerprint density at radius 3 is 2.36 bits per heavy atom. The van der Waals surface area contributed by atoms with Crippen LogP contribution < -0.4 is 9.47 Å². The standard InChI is InChI=1S/C15H21NO6/c1-3-21-12-6-4-5-7-13(12)22-11-14(17)16(8-9-20-2)10-15(18)19/h4-7H,3,8-11H2,1-2H3,(H,18,19). The maximum Gasteiger partial charge on any atom is 0.323 e. The average molecular weight is 311 g/mol. The summed E-state index contributed by atoms with van der Waals surface area (Å²) in [5.74, 6) is -0.524. The fourth-order valence-corrected chi connectivity index (χ4v) is 1.73. The lowest BCUT2D eigenvalue weighted by molar-refractivity contribution is -0.145. The van der Waals surface area contributed by atoms with Gasteiger partial charge in [-0.1, -0.05) is 12.1 Å². The molecule has 0 saturated heterocycles. The summed E-state index contributed by atoms with van der Waals surface area (Å²) in [6.45, 7) is 2.13. The highest BCUT2D eigenvalue weighted by molar-refractivity contribution is 5.82. The van der Waals surface area contributed by atoms with E-state index >= 15 is 0 Å². The van der Waals surface area contributed by atoms with Crippen LogP contribution in [0.15, 0.2) is 24.3 Å². The van der Waals surface area contributed by atoms with Crippen molar-refractivity contribution >= 4 is 11.9 Å². The Morgan fingerprint density at radius 1 is 1.18 bits per heavy atom. The van der Waals surface area contributed by atoms with E-state index in [4.69, 9.17) is 19.3 Å². The molecule has 0 aliphatic carbocycles. The Morgan fingerprint density at radius 2 is 1.82 bits per heavy atom. The summed E-state index contributed by atoms with van der Waals surface area (Å²) in [6.07, 6.45) is 0. The van der Waals surface area contributed by atoms with Crippen molar-refractivity contribution in [2.24, 2.45) is 0 Å². The average Bonchev–Trinajstić information content (AvgIpc) is 2.50. The predicted octanol–water partition coefficient (Wildman–Crippen LogP) is 1.02. The lowest BCUT2D eigenvalue weighted by Gasteiger charge is -2.20. The molecule has 0 aliphatic rings. The Balaban J connectivity index is 2.63. The zero-order valence-electron chi connectivity index (χ0n) is 12.8. The SMILES string of the molecule is CCOc1ccccc1OCC(=O)N(CCOC)CC(=O)O. The summed E-state index contributed by atoms with van der Waals surface area (Å²) in [5, 5.41) is 8.84. The van der Waals surface area contributed by atoms with Gasteiger partial charge in [-0.25, -0.2) is 0 Å². The number of carbonyl (C=O) groups excluding carboxylic acids is 1. The Bertz CT molecular complexity index is 491. The smallest absolute Gasteiger partial charge is 0.323 e. The number of hydrogen-bond donors (Lipinski definition) is 1. The number of para-hydroxylation sites is 2. The molecule has 1 N–H and O–H groups in total. The van der Waals surface area contributed by atoms with Gasteiger partial charge in [0.25, 0.3) is 5.91 Å². The molecule has 1 rings (SSSR count). The normalized spacial score (nSPS) is 10.1. The van der Waals surface area contributed by atoms with Gasteiger partial charge in [-0.05, 0) is 19.1 Å². The van der Waals surface area contributed by atoms with Crippen molar-refractivity contribution in [2.75, 3.05) is 40.0 Å². The van der Waals surface area contributed by atoms with Crippen LogP contribution in [0, 0.1) is 0 Å². The molecule has 122 valence electrons. The van der Waals surface area contributed by atoms with E-state index in [-0.39, 0.29) is 19.8 Å². The first-order valence-corrected chi connectivity index (χ1v) is 6.91. The lowest BCUT2D eigenvalue weighted by atomic mass is 10.3. The quantitative estimate of drug-likeness (QED) is 0.694. The van der Waals surface area contributed by atoms with E-state index in [1.54, 1.807) is 24.3 Å². The molecule has 0 atom stereocenters. The van der Waals surface area contributed by atoms with E-state index in [0.717, 1.165) is 0 Å². The molecule has 7 nitrogen and oxygen atoms in total. The van der Waals surface area contributed by atoms with Crippen molar-refractivity contribution in [1.82, 2.24) is 4.90 Å². The van der Waals surface area contributed by atoms with Gasteiger partial charge in [0.2, 0.25) is 0 Å². The van der Waals surface area contributed by atoms with Gasteiger partial charge >= 0.3 is 5.97 Å². The highest BCUT2D eigenvalue weighted by Crippen LogP contribution is 2.26. The molecule has 1 aromatic rings. The zero-order valence-corrected chi connectivity index (χ0v) is 12.8. The molecule has 0 fully saturated rings. The summed E-state index contributed by atoms with van der Waals surface area (Å²) in [5.41, 5.74) is 0. The first-order chi connectivity index (χ1) is 10.6. The van der Waals surface area contributed by atoms with Crippen molar-refractivity contribution in [3.63, 3.8) is 0 Å². The van der Waals surface area contributed by atoms with Crippen LogP contribution in [0.2, 0.25) is 0 Å². The monoisotopic (exact) mass is 311 g/mol. The minimum Gasteiger partial charge on any atom is -0.490 e. The van der Waals surface area contributed by atoms with Crippen LogP contribution in [0.3, 0.4) is 0 Å². The van der Waals surface area contributed by atoms with Crippen LogP contribution in [0.1, 0.15) is 6.92 Å². The van der Waals surface area contributed by atoms with Gasteiger partial charge in [0.05, 0.1) is 13.2 Å². The molecule has 0 radical (unpaired) electrons. The van der Waals surface area contributed by atoms with Gasteiger partial charge in [0.15, 0.2) is 18.1 Å². The van der Waals surface area contributed by atoms with Crippen molar-refractivity contribution in [3.8, 4) is 11.5 Å². The number of methoxy groups -OCH3 is 1. The van der Waals surface area contributed by atoms with Gasteiger partial charge in [0, 0.05) is 13.7 Å². The van der Waals surface area contributed by atoms with E-state index in [1.807, 2.05) is 6.92 Å². The molecule has 0 aliphatic heterocycles. The molecular weight excluding hydrogens is 290 g/mol. The molecule has 0 spiro atoms. The van der Waals surface area contributed by atoms with Gasteiger partial charge in [-0.15, -0.1) is 0 Å². The fraction of sp³-hybridized carbons (Fsp3) is 0.467. The van der Waals surface area contributed by atoms with E-state index in [9.17, 15) is 9.59 Å². The van der Waals surface area contributed by atoms with E-state index < -0.39 is 18.4 Å². The summed E-state index contributed by atoms with van der Waals surface area (Å²) in [4.78, 5) is 24.0. The van der Waals surface area contributed by atoms with Crippen molar-refractivity contribution < 1.29 is 28.9 Å². The number of hydrogen-bond acceptors (Lipinski definition) is 5. The second-order valence-corrected chi connectivity index (χ2v) is 4.37. The van der Waals surface area contributed by atoms with Crippen molar-refractivity contribution in [3.05, 3.63) is 24.3 Å². The number of ether oxygens (including phenoxy) is 3. The van der Waals surface area contributed by atoms with E-state index in [1.165, 1.54) is 12.0 Å². The van der Waals surface area contributed by atoms with Crippen LogP contribution in [-0.2, 0) is 14.3 Å².